The van der Waals surface area contributed by atoms with Crippen LogP contribution in [0.4, 0.5) is 0 Å². The van der Waals surface area contributed by atoms with Crippen molar-refractivity contribution < 1.29 is 4.79 Å². The predicted octanol–water partition coefficient (Wildman–Crippen LogP) is 4.21. The first kappa shape index (κ1) is 18.0. The van der Waals surface area contributed by atoms with Crippen molar-refractivity contribution in [1.29, 1.82) is 0 Å². The fraction of sp³-hybridized carbons (Fsp3) is 0.143. The molecule has 0 spiro atoms. The molecule has 4 nitrogen and oxygen atoms in total. The van der Waals surface area contributed by atoms with Gasteiger partial charge in [0.05, 0.1) is 11.9 Å². The minimum absolute atomic E-state index is 0.128. The molecule has 0 atom stereocenters. The molecule has 0 unspecified atom stereocenters. The van der Waals surface area contributed by atoms with E-state index in [0.717, 1.165) is 28.8 Å². The summed E-state index contributed by atoms with van der Waals surface area (Å²) >= 11 is 6.08. The van der Waals surface area contributed by atoms with Crippen molar-refractivity contribution in [3.63, 3.8) is 0 Å². The highest BCUT2D eigenvalue weighted by atomic mass is 35.5. The van der Waals surface area contributed by atoms with Gasteiger partial charge in [-0.15, -0.1) is 0 Å². The van der Waals surface area contributed by atoms with E-state index in [9.17, 15) is 4.79 Å². The van der Waals surface area contributed by atoms with Crippen LogP contribution in [0.25, 0.3) is 11.8 Å². The van der Waals surface area contributed by atoms with Crippen molar-refractivity contribution in [1.82, 2.24) is 15.1 Å². The Morgan fingerprint density at radius 1 is 1.23 bits per heavy atom. The lowest BCUT2D eigenvalue weighted by atomic mass is 10.1. The van der Waals surface area contributed by atoms with Crippen LogP contribution in [0.3, 0.4) is 0 Å². The van der Waals surface area contributed by atoms with Crippen molar-refractivity contribution >= 4 is 23.6 Å². The Hall–Kier alpha value is -2.85. The number of aromatic nitrogens is 2. The molecule has 0 fully saturated rings. The first-order chi connectivity index (χ1) is 12.6. The van der Waals surface area contributed by atoms with E-state index in [1.54, 1.807) is 6.08 Å². The van der Waals surface area contributed by atoms with E-state index in [-0.39, 0.29) is 5.91 Å². The Bertz CT molecular complexity index is 916. The van der Waals surface area contributed by atoms with Gasteiger partial charge in [0.15, 0.2) is 0 Å². The Labute approximate surface area is 158 Å². The highest BCUT2D eigenvalue weighted by Crippen LogP contribution is 2.17. The van der Waals surface area contributed by atoms with Crippen LogP contribution in [0.2, 0.25) is 5.02 Å². The fourth-order valence-corrected chi connectivity index (χ4v) is 2.67. The van der Waals surface area contributed by atoms with Crippen LogP contribution >= 0.6 is 11.6 Å². The van der Waals surface area contributed by atoms with Crippen LogP contribution in [0.5, 0.6) is 0 Å². The Balaban J connectivity index is 1.49. The van der Waals surface area contributed by atoms with E-state index in [0.29, 0.717) is 11.6 Å². The van der Waals surface area contributed by atoms with Crippen molar-refractivity contribution in [3.05, 3.63) is 88.7 Å². The van der Waals surface area contributed by atoms with Crippen LogP contribution in [-0.4, -0.2) is 22.2 Å². The second-order valence-electron chi connectivity index (χ2n) is 6.01. The lowest BCUT2D eigenvalue weighted by Crippen LogP contribution is -2.23. The molecule has 0 aliphatic heterocycles. The number of halogens is 1. The number of amides is 1. The fourth-order valence-electron chi connectivity index (χ4n) is 2.48. The quantitative estimate of drug-likeness (QED) is 0.665. The number of benzene rings is 2. The van der Waals surface area contributed by atoms with Gasteiger partial charge in [-0.1, -0.05) is 41.9 Å². The maximum atomic E-state index is 11.9. The summed E-state index contributed by atoms with van der Waals surface area (Å²) in [5.74, 6) is -0.128. The van der Waals surface area contributed by atoms with Crippen molar-refractivity contribution in [2.45, 2.75) is 13.3 Å². The average Bonchev–Trinajstić information content (AvgIpc) is 3.12. The third kappa shape index (κ3) is 4.83. The highest BCUT2D eigenvalue weighted by Gasteiger charge is 2.02. The molecule has 0 saturated carbocycles. The van der Waals surface area contributed by atoms with Crippen LogP contribution in [0.15, 0.2) is 67.0 Å². The number of nitrogens with one attached hydrogen (secondary N) is 1. The van der Waals surface area contributed by atoms with Gasteiger partial charge in [-0.25, -0.2) is 4.68 Å². The number of nitrogens with zero attached hydrogens (tertiary/aromatic N) is 2. The van der Waals surface area contributed by atoms with E-state index in [1.165, 1.54) is 6.08 Å². The number of rotatable bonds is 6. The van der Waals surface area contributed by atoms with Gasteiger partial charge < -0.3 is 5.32 Å². The largest absolute Gasteiger partial charge is 0.352 e. The van der Waals surface area contributed by atoms with E-state index in [2.05, 4.69) is 10.4 Å². The van der Waals surface area contributed by atoms with E-state index < -0.39 is 0 Å². The molecule has 0 aliphatic carbocycles. The highest BCUT2D eigenvalue weighted by molar-refractivity contribution is 6.31. The maximum absolute atomic E-state index is 11.9. The molecular weight excluding hydrogens is 346 g/mol. The summed E-state index contributed by atoms with van der Waals surface area (Å²) in [7, 11) is 0. The maximum Gasteiger partial charge on any atom is 0.244 e. The summed E-state index contributed by atoms with van der Waals surface area (Å²) in [5.41, 5.74) is 4.01. The SMILES string of the molecule is Cc1ccc(C=CC(=O)NCCc2cnn(-c3ccccc3)c2)cc1Cl. The third-order valence-electron chi connectivity index (χ3n) is 3.99. The molecule has 2 aromatic carbocycles. The molecule has 132 valence electrons. The zero-order valence-electron chi connectivity index (χ0n) is 14.5. The van der Waals surface area contributed by atoms with Crippen LogP contribution in [0.1, 0.15) is 16.7 Å². The van der Waals surface area contributed by atoms with Crippen molar-refractivity contribution in [2.24, 2.45) is 0 Å². The van der Waals surface area contributed by atoms with Gasteiger partial charge in [0.25, 0.3) is 0 Å². The Morgan fingerprint density at radius 3 is 2.81 bits per heavy atom. The van der Waals surface area contributed by atoms with E-state index >= 15 is 0 Å². The molecular formula is C21H20ClN3O. The molecule has 1 heterocycles. The summed E-state index contributed by atoms with van der Waals surface area (Å²) in [6.07, 6.45) is 7.81. The monoisotopic (exact) mass is 365 g/mol. The number of hydrogen-bond donors (Lipinski definition) is 1. The topological polar surface area (TPSA) is 46.9 Å². The van der Waals surface area contributed by atoms with Gasteiger partial charge in [0.2, 0.25) is 5.91 Å². The first-order valence-electron chi connectivity index (χ1n) is 8.43. The van der Waals surface area contributed by atoms with Gasteiger partial charge in [-0.05, 0) is 54.3 Å². The summed E-state index contributed by atoms with van der Waals surface area (Å²) in [6.45, 7) is 2.50. The molecule has 0 bridgehead atoms. The minimum atomic E-state index is -0.128. The predicted molar refractivity (Wildman–Crippen MR) is 106 cm³/mol. The lowest BCUT2D eigenvalue weighted by molar-refractivity contribution is -0.116. The first-order valence-corrected chi connectivity index (χ1v) is 8.80. The average molecular weight is 366 g/mol. The summed E-state index contributed by atoms with van der Waals surface area (Å²) in [4.78, 5) is 11.9. The second kappa shape index (κ2) is 8.50. The normalized spacial score (nSPS) is 11.0. The molecule has 1 amide bonds. The van der Waals surface area contributed by atoms with E-state index in [4.69, 9.17) is 11.6 Å². The third-order valence-corrected chi connectivity index (χ3v) is 4.40. The zero-order valence-corrected chi connectivity index (χ0v) is 15.3. The molecule has 0 aliphatic rings. The molecule has 0 radical (unpaired) electrons. The van der Waals surface area contributed by atoms with Gasteiger partial charge in [0, 0.05) is 23.8 Å². The number of hydrogen-bond acceptors (Lipinski definition) is 2. The summed E-state index contributed by atoms with van der Waals surface area (Å²) in [6, 6.07) is 15.6. The molecule has 3 rings (SSSR count). The minimum Gasteiger partial charge on any atom is -0.352 e. The van der Waals surface area contributed by atoms with Gasteiger partial charge in [0.1, 0.15) is 0 Å². The molecule has 1 N–H and O–H groups in total. The number of carbonyl (C=O) groups excluding carboxylic acids is 1. The van der Waals surface area contributed by atoms with Crippen molar-refractivity contribution in [3.8, 4) is 5.69 Å². The van der Waals surface area contributed by atoms with E-state index in [1.807, 2.05) is 72.5 Å². The Kier molecular flexibility index (Phi) is 5.87. The second-order valence-corrected chi connectivity index (χ2v) is 6.42. The standard InChI is InChI=1S/C21H20ClN3O/c1-16-7-8-17(13-20(16)22)9-10-21(26)23-12-11-18-14-24-25(15-18)19-5-3-2-4-6-19/h2-10,13-15H,11-12H2,1H3,(H,23,26). The number of para-hydroxylation sites is 1. The molecule has 1 aromatic heterocycles. The smallest absolute Gasteiger partial charge is 0.244 e. The zero-order chi connectivity index (χ0) is 18.4. The van der Waals surface area contributed by atoms with Crippen LogP contribution in [-0.2, 0) is 11.2 Å². The molecule has 5 heteroatoms. The molecule has 3 aromatic rings. The van der Waals surface area contributed by atoms with Gasteiger partial charge in [-0.3, -0.25) is 4.79 Å². The lowest BCUT2D eigenvalue weighted by Gasteiger charge is -2.02. The van der Waals surface area contributed by atoms with Crippen LogP contribution < -0.4 is 5.32 Å². The molecule has 0 saturated heterocycles. The van der Waals surface area contributed by atoms with Crippen LogP contribution in [0, 0.1) is 6.92 Å². The van der Waals surface area contributed by atoms with Gasteiger partial charge in [-0.2, -0.15) is 5.10 Å². The van der Waals surface area contributed by atoms with Gasteiger partial charge >= 0.3 is 0 Å². The number of carbonyl (C=O) groups is 1. The Morgan fingerprint density at radius 2 is 2.04 bits per heavy atom. The summed E-state index contributed by atoms with van der Waals surface area (Å²) < 4.78 is 1.83. The summed E-state index contributed by atoms with van der Waals surface area (Å²) in [5, 5.41) is 7.93. The van der Waals surface area contributed by atoms with Crippen molar-refractivity contribution in [2.75, 3.05) is 6.54 Å². The molecule has 26 heavy (non-hydrogen) atoms. The number of aryl methyl sites for hydroxylation is 1.